The lowest BCUT2D eigenvalue weighted by molar-refractivity contribution is 0.669. The van der Waals surface area contributed by atoms with Crippen molar-refractivity contribution in [1.82, 2.24) is 0 Å². The molecule has 546 valence electrons. The van der Waals surface area contributed by atoms with Gasteiger partial charge in [0.25, 0.3) is 0 Å². The highest BCUT2D eigenvalue weighted by molar-refractivity contribution is 7.26. The first-order valence-corrected chi connectivity index (χ1v) is 42.8. The van der Waals surface area contributed by atoms with Crippen molar-refractivity contribution in [3.8, 4) is 33.4 Å². The molecule has 9 heteroatoms. The van der Waals surface area contributed by atoms with Gasteiger partial charge in [-0.1, -0.05) is 182 Å². The maximum atomic E-state index is 6.60. The molecule has 0 radical (unpaired) electrons. The van der Waals surface area contributed by atoms with Crippen molar-refractivity contribution in [2.24, 2.45) is 0 Å². The van der Waals surface area contributed by atoms with Crippen LogP contribution < -0.4 is 4.90 Å². The van der Waals surface area contributed by atoms with Gasteiger partial charge in [-0.3, -0.25) is 0 Å². The Bertz CT molecular complexity index is 8730. The molecule has 27 rings (SSSR count). The van der Waals surface area contributed by atoms with Crippen LogP contribution in [0.4, 0.5) is 17.1 Å². The van der Waals surface area contributed by atoms with E-state index in [1.54, 1.807) is 34.0 Å². The maximum absolute atomic E-state index is 6.60. The zero-order valence-electron chi connectivity index (χ0n) is 62.4. The molecular formula is C108H61NO4S4. The van der Waals surface area contributed by atoms with Gasteiger partial charge in [-0.05, 0) is 278 Å². The summed E-state index contributed by atoms with van der Waals surface area (Å²) in [6, 6.07) is 127. The Morgan fingerprint density at radius 2 is 0.573 bits per heavy atom. The fourth-order valence-corrected chi connectivity index (χ4v) is 22.3. The molecule has 19 aromatic carbocycles. The zero-order valence-corrected chi connectivity index (χ0v) is 65.7. The van der Waals surface area contributed by atoms with Gasteiger partial charge in [-0.25, -0.2) is 0 Å². The molecule has 5 nitrogen and oxygen atoms in total. The Balaban J connectivity index is 0.0000000984. The number of thiophene rings is 4. The van der Waals surface area contributed by atoms with Gasteiger partial charge in [0, 0.05) is 116 Å². The summed E-state index contributed by atoms with van der Waals surface area (Å²) in [6.45, 7) is 0. The number of fused-ring (bicyclic) bond motifs is 30. The van der Waals surface area contributed by atoms with E-state index in [0.717, 1.165) is 94.0 Å². The molecule has 8 aromatic heterocycles. The summed E-state index contributed by atoms with van der Waals surface area (Å²) in [5.41, 5.74) is 18.2. The minimum atomic E-state index is 0.912. The van der Waals surface area contributed by atoms with Crippen LogP contribution in [0, 0.1) is 0 Å². The summed E-state index contributed by atoms with van der Waals surface area (Å²) in [5, 5.41) is 36.8. The summed E-state index contributed by atoms with van der Waals surface area (Å²) in [5.74, 6) is 0. The number of hydrogen-bond donors (Lipinski definition) is 0. The average molecular weight is 1560 g/mol. The van der Waals surface area contributed by atoms with Crippen LogP contribution in [0.15, 0.2) is 386 Å². The lowest BCUT2D eigenvalue weighted by atomic mass is 9.91. The van der Waals surface area contributed by atoms with E-state index in [2.05, 4.69) is 343 Å². The van der Waals surface area contributed by atoms with Gasteiger partial charge in [0.05, 0.1) is 0 Å². The number of hydrogen-bond acceptors (Lipinski definition) is 9. The molecule has 8 heterocycles. The second-order valence-corrected chi connectivity index (χ2v) is 34.3. The number of benzene rings is 19. The minimum absolute atomic E-state index is 0.912. The number of rotatable bonds is 6. The molecule has 0 aliphatic carbocycles. The van der Waals surface area contributed by atoms with E-state index in [4.69, 9.17) is 17.7 Å². The maximum Gasteiger partial charge on any atom is 0.143 e. The third kappa shape index (κ3) is 10.5. The lowest BCUT2D eigenvalue weighted by Crippen LogP contribution is -2.09. The summed E-state index contributed by atoms with van der Waals surface area (Å²) < 4.78 is 32.5. The Labute approximate surface area is 683 Å². The SMILES string of the molecule is c1ccc(N(c2ccccc2)c2ccc(-c3cc4cc5sccc5cc4c4c3ccc3c5ccccc5oc34)cc2)cc1.c1ccc2c(c1)oc1c2ccc2c(-c3cccc4c3sc3ccccc34)cc3cc4sccc4cc3c21.c1ccc2c(c1)oc1ccc(-c3cc4cc5sccc5cc4c4c3ccc3c5ccccc5oc34)cc12. The first-order chi connectivity index (χ1) is 58.0. The van der Waals surface area contributed by atoms with Crippen LogP contribution in [0.3, 0.4) is 0 Å². The van der Waals surface area contributed by atoms with Crippen molar-refractivity contribution < 1.29 is 17.7 Å². The van der Waals surface area contributed by atoms with Crippen LogP contribution in [-0.4, -0.2) is 0 Å². The molecule has 0 saturated heterocycles. The molecule has 0 fully saturated rings. The van der Waals surface area contributed by atoms with Gasteiger partial charge in [0.1, 0.15) is 44.7 Å². The molecule has 0 N–H and O–H groups in total. The van der Waals surface area contributed by atoms with Gasteiger partial charge >= 0.3 is 0 Å². The van der Waals surface area contributed by atoms with E-state index < -0.39 is 0 Å². The minimum Gasteiger partial charge on any atom is -0.456 e. The quantitative estimate of drug-likeness (QED) is 0.155. The molecule has 0 spiro atoms. The summed E-state index contributed by atoms with van der Waals surface area (Å²) in [7, 11) is 0. The fraction of sp³-hybridized carbons (Fsp3) is 0. The normalized spacial score (nSPS) is 12.1. The predicted octanol–water partition coefficient (Wildman–Crippen LogP) is 34.1. The second-order valence-electron chi connectivity index (χ2n) is 30.4. The average Bonchev–Trinajstić information content (AvgIpc) is 1.65. The standard InChI is InChI=1S/C40H25NOS.C34H18O2S.C34H18OS2/c1-3-9-29(10-4-1)41(30-11-5-2-6-12-30)31-17-15-26(16-18-31)35-24-28-25-38-27(21-22-43-38)23-36(28)39-33(35)19-20-34-32-13-7-8-14-37(32)42-40(34)39;1-4-8-30-22(5-1)25-11-10-24-26(19-9-12-31-28(15-19)23-6-2-3-7-29(23)35-31)17-21-18-32-20(13-14-37-32)16-27(21)33(24)34(25)36-30;1-3-10-29-21(6-1)24-13-12-23-28(26-9-5-8-25-22-7-2-4-11-30(22)37-34(25)26)17-20-18-31-19(14-15-36-31)16-27(20)32(23)33(24)35-29/h1-25H;2*1-18H. The Hall–Kier alpha value is -14.2. The van der Waals surface area contributed by atoms with Crippen LogP contribution in [0.1, 0.15) is 0 Å². The van der Waals surface area contributed by atoms with Crippen molar-refractivity contribution in [2.45, 2.75) is 0 Å². The van der Waals surface area contributed by atoms with E-state index in [-0.39, 0.29) is 0 Å². The fourth-order valence-electron chi connectivity index (χ4n) is 18.6. The van der Waals surface area contributed by atoms with Crippen molar-refractivity contribution in [1.29, 1.82) is 0 Å². The number of anilines is 3. The first-order valence-electron chi connectivity index (χ1n) is 39.3. The highest BCUT2D eigenvalue weighted by atomic mass is 32.1. The van der Waals surface area contributed by atoms with Gasteiger partial charge in [-0.2, -0.15) is 0 Å². The first kappa shape index (κ1) is 66.3. The Kier molecular flexibility index (Phi) is 14.8. The highest BCUT2D eigenvalue weighted by Crippen LogP contribution is 2.51. The molecule has 0 aliphatic rings. The smallest absolute Gasteiger partial charge is 0.143 e. The van der Waals surface area contributed by atoms with E-state index in [9.17, 15) is 0 Å². The molecule has 0 amide bonds. The van der Waals surface area contributed by atoms with Crippen molar-refractivity contribution in [3.05, 3.63) is 368 Å². The van der Waals surface area contributed by atoms with Gasteiger partial charge in [0.2, 0.25) is 0 Å². The van der Waals surface area contributed by atoms with Crippen LogP contribution in [-0.2, 0) is 0 Å². The molecule has 27 aromatic rings. The van der Waals surface area contributed by atoms with Gasteiger partial charge in [-0.15, -0.1) is 45.3 Å². The summed E-state index contributed by atoms with van der Waals surface area (Å²) in [6.07, 6.45) is 0. The van der Waals surface area contributed by atoms with E-state index >= 15 is 0 Å². The summed E-state index contributed by atoms with van der Waals surface area (Å²) in [4.78, 5) is 2.30. The molecule has 0 saturated carbocycles. The van der Waals surface area contributed by atoms with Gasteiger partial charge in [0.15, 0.2) is 0 Å². The lowest BCUT2D eigenvalue weighted by Gasteiger charge is -2.25. The van der Waals surface area contributed by atoms with Gasteiger partial charge < -0.3 is 22.6 Å². The summed E-state index contributed by atoms with van der Waals surface area (Å²) >= 11 is 7.26. The zero-order chi connectivity index (χ0) is 76.5. The molecule has 0 unspecified atom stereocenters. The van der Waals surface area contributed by atoms with Crippen molar-refractivity contribution >= 4 is 265 Å². The number of furan rings is 4. The Morgan fingerprint density at radius 3 is 1.07 bits per heavy atom. The molecular weight excluding hydrogens is 1500 g/mol. The topological polar surface area (TPSA) is 55.8 Å². The third-order valence-corrected chi connectivity index (χ3v) is 27.8. The monoisotopic (exact) mass is 1560 g/mol. The number of para-hydroxylation sites is 6. The highest BCUT2D eigenvalue weighted by Gasteiger charge is 2.24. The molecule has 0 atom stereocenters. The van der Waals surface area contributed by atoms with Crippen molar-refractivity contribution in [3.63, 3.8) is 0 Å². The van der Waals surface area contributed by atoms with Crippen LogP contribution in [0.2, 0.25) is 0 Å². The van der Waals surface area contributed by atoms with Crippen LogP contribution >= 0.6 is 45.3 Å². The third-order valence-electron chi connectivity index (χ3n) is 23.9. The molecule has 117 heavy (non-hydrogen) atoms. The molecule has 0 aliphatic heterocycles. The second kappa shape index (κ2) is 26.2. The van der Waals surface area contributed by atoms with Crippen LogP contribution in [0.25, 0.3) is 236 Å². The predicted molar refractivity (Wildman–Crippen MR) is 504 cm³/mol. The largest absolute Gasteiger partial charge is 0.456 e. The van der Waals surface area contributed by atoms with Crippen LogP contribution in [0.5, 0.6) is 0 Å². The van der Waals surface area contributed by atoms with E-state index in [0.29, 0.717) is 0 Å². The molecule has 0 bridgehead atoms. The Morgan fingerprint density at radius 1 is 0.197 bits per heavy atom. The number of nitrogens with zero attached hydrogens (tertiary/aromatic N) is 1. The van der Waals surface area contributed by atoms with E-state index in [1.165, 1.54) is 159 Å². The van der Waals surface area contributed by atoms with Crippen molar-refractivity contribution in [2.75, 3.05) is 4.90 Å². The van der Waals surface area contributed by atoms with E-state index in [1.807, 2.05) is 41.7 Å².